The Balaban J connectivity index is 2.29. The third kappa shape index (κ3) is 2.31. The van der Waals surface area contributed by atoms with E-state index in [0.29, 0.717) is 10.2 Å². The van der Waals surface area contributed by atoms with Crippen molar-refractivity contribution < 1.29 is 9.90 Å². The number of rotatable bonds is 3. The van der Waals surface area contributed by atoms with E-state index in [4.69, 9.17) is 16.7 Å². The third-order valence-electron chi connectivity index (χ3n) is 1.62. The number of nitrogens with zero attached hydrogens (tertiary/aromatic N) is 3. The van der Waals surface area contributed by atoms with Crippen LogP contribution in [-0.2, 0) is 0 Å². The van der Waals surface area contributed by atoms with E-state index < -0.39 is 5.97 Å². The van der Waals surface area contributed by atoms with Crippen LogP contribution in [-0.4, -0.2) is 31.2 Å². The molecule has 16 heavy (non-hydrogen) atoms. The van der Waals surface area contributed by atoms with Crippen molar-refractivity contribution >= 4 is 29.3 Å². The van der Waals surface area contributed by atoms with E-state index >= 15 is 0 Å². The Bertz CT molecular complexity index is 517. The molecule has 0 aliphatic carbocycles. The highest BCUT2D eigenvalue weighted by Gasteiger charge is 2.12. The van der Waals surface area contributed by atoms with Crippen LogP contribution >= 0.6 is 23.4 Å². The Hall–Kier alpha value is -1.60. The molecule has 0 radical (unpaired) electrons. The molecule has 0 atom stereocenters. The molecule has 2 rings (SSSR count). The van der Waals surface area contributed by atoms with Crippen LogP contribution in [0.25, 0.3) is 0 Å². The first-order valence-electron chi connectivity index (χ1n) is 4.10. The van der Waals surface area contributed by atoms with Crippen LogP contribution in [0, 0.1) is 0 Å². The fourth-order valence-corrected chi connectivity index (χ4v) is 1.83. The second-order valence-corrected chi connectivity index (χ2v) is 4.09. The van der Waals surface area contributed by atoms with Crippen LogP contribution < -0.4 is 0 Å². The normalized spacial score (nSPS) is 10.3. The van der Waals surface area contributed by atoms with E-state index in [1.165, 1.54) is 24.2 Å². The van der Waals surface area contributed by atoms with E-state index in [1.807, 2.05) is 0 Å². The van der Waals surface area contributed by atoms with Crippen molar-refractivity contribution in [2.75, 3.05) is 0 Å². The van der Waals surface area contributed by atoms with Gasteiger partial charge in [-0.2, -0.15) is 5.10 Å². The Labute approximate surface area is 99.1 Å². The number of pyridine rings is 1. The average molecular weight is 257 g/mol. The largest absolute Gasteiger partial charge is 0.476 e. The zero-order valence-corrected chi connectivity index (χ0v) is 9.29. The number of hydrogen-bond donors (Lipinski definition) is 2. The summed E-state index contributed by atoms with van der Waals surface area (Å²) in [6.07, 6.45) is 1.36. The first kappa shape index (κ1) is 10.9. The van der Waals surface area contributed by atoms with Crippen molar-refractivity contribution in [3.05, 3.63) is 29.2 Å². The van der Waals surface area contributed by atoms with Gasteiger partial charge in [0.05, 0.1) is 5.02 Å². The van der Waals surface area contributed by atoms with Crippen LogP contribution in [0.1, 0.15) is 10.5 Å². The van der Waals surface area contributed by atoms with Gasteiger partial charge in [-0.1, -0.05) is 11.6 Å². The van der Waals surface area contributed by atoms with Gasteiger partial charge in [0.15, 0.2) is 10.9 Å². The van der Waals surface area contributed by atoms with Crippen LogP contribution in [0.15, 0.2) is 28.6 Å². The Morgan fingerprint density at radius 3 is 2.94 bits per heavy atom. The van der Waals surface area contributed by atoms with Crippen LogP contribution in [0.2, 0.25) is 5.02 Å². The SMILES string of the molecule is O=C(O)c1nc(Sc2ncn[nH]2)ccc1Cl. The Morgan fingerprint density at radius 1 is 1.50 bits per heavy atom. The Kier molecular flexibility index (Phi) is 3.07. The number of H-pyrrole nitrogens is 1. The standard InChI is InChI=1S/C8H5ClN4O2S/c9-4-1-2-5(12-6(4)7(14)15)16-8-10-3-11-13-8/h1-3H,(H,14,15)(H,10,11,13). The van der Waals surface area contributed by atoms with Crippen molar-refractivity contribution in [1.82, 2.24) is 20.2 Å². The van der Waals surface area contributed by atoms with Gasteiger partial charge in [0.25, 0.3) is 0 Å². The van der Waals surface area contributed by atoms with Crippen molar-refractivity contribution in [3.8, 4) is 0 Å². The molecular weight excluding hydrogens is 252 g/mol. The lowest BCUT2D eigenvalue weighted by Gasteiger charge is -2.00. The van der Waals surface area contributed by atoms with E-state index in [9.17, 15) is 4.79 Å². The van der Waals surface area contributed by atoms with Crippen LogP contribution in [0.5, 0.6) is 0 Å². The molecule has 82 valence electrons. The second-order valence-electron chi connectivity index (χ2n) is 2.68. The van der Waals surface area contributed by atoms with Gasteiger partial charge in [-0.15, -0.1) is 0 Å². The van der Waals surface area contributed by atoms with Crippen LogP contribution in [0.3, 0.4) is 0 Å². The molecule has 6 nitrogen and oxygen atoms in total. The summed E-state index contributed by atoms with van der Waals surface area (Å²) in [6.45, 7) is 0. The zero-order chi connectivity index (χ0) is 11.5. The van der Waals surface area contributed by atoms with Gasteiger partial charge >= 0.3 is 5.97 Å². The van der Waals surface area contributed by atoms with Crippen molar-refractivity contribution in [2.45, 2.75) is 10.2 Å². The number of aromatic carboxylic acids is 1. The number of halogens is 1. The first-order valence-corrected chi connectivity index (χ1v) is 5.29. The first-order chi connectivity index (χ1) is 7.66. The maximum absolute atomic E-state index is 10.8. The lowest BCUT2D eigenvalue weighted by molar-refractivity contribution is 0.0690. The summed E-state index contributed by atoms with van der Waals surface area (Å²) >= 11 is 6.86. The molecule has 8 heteroatoms. The molecule has 0 amide bonds. The lowest BCUT2D eigenvalue weighted by atomic mass is 10.3. The highest BCUT2D eigenvalue weighted by atomic mass is 35.5. The molecule has 2 heterocycles. The summed E-state index contributed by atoms with van der Waals surface area (Å²) in [5.74, 6) is -1.16. The maximum Gasteiger partial charge on any atom is 0.356 e. The molecule has 0 fully saturated rings. The van der Waals surface area contributed by atoms with Gasteiger partial charge in [0.1, 0.15) is 11.4 Å². The number of nitrogens with one attached hydrogen (secondary N) is 1. The van der Waals surface area contributed by atoms with E-state index in [-0.39, 0.29) is 10.7 Å². The molecule has 0 aliphatic rings. The summed E-state index contributed by atoms with van der Waals surface area (Å²) in [5.41, 5.74) is -0.175. The predicted molar refractivity (Wildman–Crippen MR) is 56.7 cm³/mol. The molecule has 0 unspecified atom stereocenters. The van der Waals surface area contributed by atoms with E-state index in [2.05, 4.69) is 20.2 Å². The lowest BCUT2D eigenvalue weighted by Crippen LogP contribution is -2.01. The van der Waals surface area contributed by atoms with Crippen molar-refractivity contribution in [2.24, 2.45) is 0 Å². The highest BCUT2D eigenvalue weighted by molar-refractivity contribution is 7.99. The smallest absolute Gasteiger partial charge is 0.356 e. The summed E-state index contributed by atoms with van der Waals surface area (Å²) in [4.78, 5) is 18.6. The molecule has 0 bridgehead atoms. The number of carbonyl (C=O) groups is 1. The fraction of sp³-hybridized carbons (Fsp3) is 0. The van der Waals surface area contributed by atoms with Gasteiger partial charge in [-0.25, -0.2) is 14.8 Å². The molecule has 2 aromatic heterocycles. The van der Waals surface area contributed by atoms with E-state index in [0.717, 1.165) is 0 Å². The number of carboxylic acids is 1. The van der Waals surface area contributed by atoms with E-state index in [1.54, 1.807) is 6.07 Å². The van der Waals surface area contributed by atoms with Crippen molar-refractivity contribution in [3.63, 3.8) is 0 Å². The maximum atomic E-state index is 10.8. The molecule has 0 saturated heterocycles. The molecule has 0 spiro atoms. The molecule has 0 aliphatic heterocycles. The number of aromatic nitrogens is 4. The van der Waals surface area contributed by atoms with Gasteiger partial charge < -0.3 is 5.11 Å². The second kappa shape index (κ2) is 4.50. The molecule has 2 aromatic rings. The topological polar surface area (TPSA) is 91.8 Å². The number of carboxylic acid groups (broad SMARTS) is 1. The third-order valence-corrected chi connectivity index (χ3v) is 2.75. The molecule has 2 N–H and O–H groups in total. The Morgan fingerprint density at radius 2 is 2.31 bits per heavy atom. The van der Waals surface area contributed by atoms with Gasteiger partial charge in [0, 0.05) is 0 Å². The minimum absolute atomic E-state index is 0.106. The number of aromatic amines is 1. The zero-order valence-electron chi connectivity index (χ0n) is 7.72. The minimum atomic E-state index is -1.16. The average Bonchev–Trinajstić information content (AvgIpc) is 2.73. The summed E-state index contributed by atoms with van der Waals surface area (Å²) < 4.78 is 0. The summed E-state index contributed by atoms with van der Waals surface area (Å²) in [5, 5.41) is 16.2. The summed E-state index contributed by atoms with van der Waals surface area (Å²) in [6, 6.07) is 3.10. The molecular formula is C8H5ClN4O2S. The monoisotopic (exact) mass is 256 g/mol. The molecule has 0 saturated carbocycles. The minimum Gasteiger partial charge on any atom is -0.476 e. The van der Waals surface area contributed by atoms with Crippen molar-refractivity contribution in [1.29, 1.82) is 0 Å². The summed E-state index contributed by atoms with van der Waals surface area (Å²) in [7, 11) is 0. The predicted octanol–water partition coefficient (Wildman–Crippen LogP) is 1.70. The highest BCUT2D eigenvalue weighted by Crippen LogP contribution is 2.24. The number of hydrogen-bond acceptors (Lipinski definition) is 5. The molecule has 0 aromatic carbocycles. The quantitative estimate of drug-likeness (QED) is 0.868. The van der Waals surface area contributed by atoms with Crippen LogP contribution in [0.4, 0.5) is 0 Å². The van der Waals surface area contributed by atoms with Gasteiger partial charge in [0.2, 0.25) is 0 Å². The van der Waals surface area contributed by atoms with Gasteiger partial charge in [-0.3, -0.25) is 5.10 Å². The van der Waals surface area contributed by atoms with Gasteiger partial charge in [-0.05, 0) is 23.9 Å². The fourth-order valence-electron chi connectivity index (χ4n) is 0.974.